The Bertz CT molecular complexity index is 1280. The molecular formula is C22H17ClFN5O2. The number of halogens is 2. The summed E-state index contributed by atoms with van der Waals surface area (Å²) in [5, 5.41) is 15.3. The van der Waals surface area contributed by atoms with Crippen molar-refractivity contribution in [2.75, 3.05) is 25.5 Å². The zero-order valence-electron chi connectivity index (χ0n) is 16.5. The van der Waals surface area contributed by atoms with Crippen molar-refractivity contribution in [2.24, 2.45) is 17.8 Å². The van der Waals surface area contributed by atoms with E-state index in [9.17, 15) is 14.5 Å². The van der Waals surface area contributed by atoms with Gasteiger partial charge in [0.15, 0.2) is 0 Å². The number of fused-ring (bicyclic) bond motifs is 2. The van der Waals surface area contributed by atoms with Gasteiger partial charge in [0.2, 0.25) is 0 Å². The number of benzene rings is 2. The molecule has 31 heavy (non-hydrogen) atoms. The minimum atomic E-state index is -0.520. The lowest BCUT2D eigenvalue weighted by molar-refractivity contribution is -0.385. The molecule has 3 aromatic rings. The lowest BCUT2D eigenvalue weighted by atomic mass is 10.1. The van der Waals surface area contributed by atoms with E-state index in [0.29, 0.717) is 39.2 Å². The number of nitro benzene ring substituents is 1. The molecule has 0 spiro atoms. The molecule has 1 N–H and O–H groups in total. The van der Waals surface area contributed by atoms with Crippen LogP contribution in [0.3, 0.4) is 0 Å². The van der Waals surface area contributed by atoms with Gasteiger partial charge in [-0.05, 0) is 43.1 Å². The summed E-state index contributed by atoms with van der Waals surface area (Å²) in [7, 11) is 2.09. The summed E-state index contributed by atoms with van der Waals surface area (Å²) in [5.74, 6) is 7.36. The molecule has 0 amide bonds. The molecule has 1 saturated heterocycles. The highest BCUT2D eigenvalue weighted by Gasteiger charge is 2.54. The number of anilines is 2. The van der Waals surface area contributed by atoms with Crippen molar-refractivity contribution in [1.29, 1.82) is 0 Å². The molecule has 2 heterocycles. The zero-order valence-corrected chi connectivity index (χ0v) is 17.2. The fourth-order valence-corrected chi connectivity index (χ4v) is 4.45. The fourth-order valence-electron chi connectivity index (χ4n) is 4.28. The summed E-state index contributed by atoms with van der Waals surface area (Å²) in [6.07, 6.45) is 1.32. The molecule has 2 aliphatic rings. The van der Waals surface area contributed by atoms with Gasteiger partial charge in [0.1, 0.15) is 23.5 Å². The van der Waals surface area contributed by atoms with E-state index >= 15 is 0 Å². The van der Waals surface area contributed by atoms with Gasteiger partial charge < -0.3 is 10.2 Å². The average molecular weight is 438 g/mol. The molecular weight excluding hydrogens is 421 g/mol. The van der Waals surface area contributed by atoms with Gasteiger partial charge in [-0.3, -0.25) is 10.1 Å². The molecule has 0 bridgehead atoms. The summed E-state index contributed by atoms with van der Waals surface area (Å²) in [6, 6.07) is 7.05. The van der Waals surface area contributed by atoms with Crippen molar-refractivity contribution in [1.82, 2.24) is 14.9 Å². The fraction of sp³-hybridized carbons (Fsp3) is 0.273. The van der Waals surface area contributed by atoms with Crippen molar-refractivity contribution in [3.05, 3.63) is 63.2 Å². The summed E-state index contributed by atoms with van der Waals surface area (Å²) < 4.78 is 14.1. The predicted molar refractivity (Wildman–Crippen MR) is 116 cm³/mol. The molecule has 1 saturated carbocycles. The molecule has 156 valence electrons. The monoisotopic (exact) mass is 437 g/mol. The first-order valence-corrected chi connectivity index (χ1v) is 10.1. The van der Waals surface area contributed by atoms with Crippen LogP contribution < -0.4 is 5.32 Å². The van der Waals surface area contributed by atoms with Crippen molar-refractivity contribution in [3.8, 4) is 11.8 Å². The largest absolute Gasteiger partial charge is 0.337 e. The molecule has 1 aromatic heterocycles. The van der Waals surface area contributed by atoms with Crippen LogP contribution in [0.25, 0.3) is 10.9 Å². The molecule has 1 aliphatic carbocycles. The Labute approximate surface area is 182 Å². The molecule has 2 fully saturated rings. The maximum atomic E-state index is 14.1. The first-order chi connectivity index (χ1) is 14.9. The Hall–Kier alpha value is -3.28. The van der Waals surface area contributed by atoms with E-state index in [1.54, 1.807) is 6.07 Å². The van der Waals surface area contributed by atoms with E-state index < -0.39 is 10.7 Å². The van der Waals surface area contributed by atoms with E-state index in [2.05, 4.69) is 39.1 Å². The maximum absolute atomic E-state index is 14.1. The third-order valence-corrected chi connectivity index (χ3v) is 6.12. The van der Waals surface area contributed by atoms with Gasteiger partial charge in [-0.1, -0.05) is 23.4 Å². The SMILES string of the molecule is CN1C[C@@H]2[C@@H](C#Cc3cc4ncnc(Nc5cc(Cl)ccc5F)c4cc3[N+](=O)[O-])[C@@H]2C1. The topological polar surface area (TPSA) is 84.2 Å². The minimum absolute atomic E-state index is 0.115. The Balaban J connectivity index is 1.52. The van der Waals surface area contributed by atoms with Crippen LogP contribution in [0.4, 0.5) is 21.6 Å². The molecule has 0 unspecified atom stereocenters. The number of nitro groups is 1. The maximum Gasteiger partial charge on any atom is 0.285 e. The summed E-state index contributed by atoms with van der Waals surface area (Å²) >= 11 is 5.95. The van der Waals surface area contributed by atoms with Crippen molar-refractivity contribution in [3.63, 3.8) is 0 Å². The summed E-state index contributed by atoms with van der Waals surface area (Å²) in [4.78, 5) is 21.9. The number of nitrogens with zero attached hydrogens (tertiary/aromatic N) is 4. The number of hydrogen-bond acceptors (Lipinski definition) is 6. The average Bonchev–Trinajstić information content (AvgIpc) is 3.20. The molecule has 3 atom stereocenters. The van der Waals surface area contributed by atoms with E-state index in [0.717, 1.165) is 13.1 Å². The third kappa shape index (κ3) is 3.67. The van der Waals surface area contributed by atoms with Crippen LogP contribution in [-0.2, 0) is 0 Å². The van der Waals surface area contributed by atoms with Crippen LogP contribution in [0, 0.1) is 45.5 Å². The van der Waals surface area contributed by atoms with E-state index in [1.165, 1.54) is 30.6 Å². The Kier molecular flexibility index (Phi) is 4.73. The molecule has 1 aliphatic heterocycles. The Morgan fingerprint density at radius 2 is 2.03 bits per heavy atom. The highest BCUT2D eigenvalue weighted by molar-refractivity contribution is 6.30. The van der Waals surface area contributed by atoms with Crippen LogP contribution in [0.5, 0.6) is 0 Å². The second-order valence-electron chi connectivity index (χ2n) is 7.96. The summed E-state index contributed by atoms with van der Waals surface area (Å²) in [5.41, 5.74) is 0.775. The predicted octanol–water partition coefficient (Wildman–Crippen LogP) is 4.23. The second-order valence-corrected chi connectivity index (χ2v) is 8.40. The van der Waals surface area contributed by atoms with E-state index in [1.807, 2.05) is 0 Å². The zero-order chi connectivity index (χ0) is 21.7. The number of piperidine rings is 1. The smallest absolute Gasteiger partial charge is 0.285 e. The normalized spacial score (nSPS) is 22.0. The summed E-state index contributed by atoms with van der Waals surface area (Å²) in [6.45, 7) is 2.04. The van der Waals surface area contributed by atoms with Gasteiger partial charge in [-0.2, -0.15) is 0 Å². The number of rotatable bonds is 3. The quantitative estimate of drug-likeness (QED) is 0.375. The molecule has 9 heteroatoms. The standard InChI is InChI=1S/C22H17ClFN5O2/c1-28-9-16-14(17(16)10-28)4-2-12-6-19-15(8-21(12)29(30)31)22(26-11-25-19)27-20-7-13(23)3-5-18(20)24/h3,5-8,11,14,16-17H,9-10H2,1H3,(H,25,26,27)/t14-,16-,17+. The third-order valence-electron chi connectivity index (χ3n) is 5.88. The molecule has 2 aromatic carbocycles. The first kappa shape index (κ1) is 19.7. The molecule has 0 radical (unpaired) electrons. The lowest BCUT2D eigenvalue weighted by Gasteiger charge is -2.10. The van der Waals surface area contributed by atoms with Gasteiger partial charge in [0.25, 0.3) is 5.69 Å². The van der Waals surface area contributed by atoms with Crippen LogP contribution >= 0.6 is 11.6 Å². The number of likely N-dealkylation sites (tertiary alicyclic amines) is 1. The second kappa shape index (κ2) is 7.45. The highest BCUT2D eigenvalue weighted by Crippen LogP contribution is 2.50. The van der Waals surface area contributed by atoms with Crippen molar-refractivity contribution >= 4 is 39.7 Å². The minimum Gasteiger partial charge on any atom is -0.337 e. The molecule has 5 rings (SSSR count). The van der Waals surface area contributed by atoms with Crippen molar-refractivity contribution < 1.29 is 9.31 Å². The van der Waals surface area contributed by atoms with Gasteiger partial charge in [-0.15, -0.1) is 0 Å². The lowest BCUT2D eigenvalue weighted by Crippen LogP contribution is -2.18. The Morgan fingerprint density at radius 3 is 2.77 bits per heavy atom. The van der Waals surface area contributed by atoms with E-state index in [4.69, 9.17) is 11.6 Å². The number of aromatic nitrogens is 2. The van der Waals surface area contributed by atoms with Gasteiger partial charge >= 0.3 is 0 Å². The van der Waals surface area contributed by atoms with E-state index in [-0.39, 0.29) is 17.2 Å². The van der Waals surface area contributed by atoms with Gasteiger partial charge in [-0.25, -0.2) is 14.4 Å². The van der Waals surface area contributed by atoms with Crippen LogP contribution in [-0.4, -0.2) is 39.9 Å². The van der Waals surface area contributed by atoms with Gasteiger partial charge in [0.05, 0.1) is 16.1 Å². The van der Waals surface area contributed by atoms with Gasteiger partial charge in [0, 0.05) is 35.5 Å². The van der Waals surface area contributed by atoms with Crippen LogP contribution in [0.2, 0.25) is 5.02 Å². The first-order valence-electron chi connectivity index (χ1n) is 9.76. The highest BCUT2D eigenvalue weighted by atomic mass is 35.5. The van der Waals surface area contributed by atoms with Crippen molar-refractivity contribution in [2.45, 2.75) is 0 Å². The van der Waals surface area contributed by atoms with Crippen LogP contribution in [0.15, 0.2) is 36.7 Å². The molecule has 7 nitrogen and oxygen atoms in total. The van der Waals surface area contributed by atoms with Crippen LogP contribution in [0.1, 0.15) is 5.56 Å². The number of hydrogen-bond donors (Lipinski definition) is 1. The Morgan fingerprint density at radius 1 is 1.26 bits per heavy atom. The number of nitrogens with one attached hydrogen (secondary N) is 1.